The third kappa shape index (κ3) is 3.99. The van der Waals surface area contributed by atoms with Gasteiger partial charge in [-0.2, -0.15) is 0 Å². The number of ether oxygens (including phenoxy) is 1. The van der Waals surface area contributed by atoms with Gasteiger partial charge < -0.3 is 19.4 Å². The van der Waals surface area contributed by atoms with Crippen LogP contribution in [0.3, 0.4) is 0 Å². The van der Waals surface area contributed by atoms with Crippen LogP contribution in [0.25, 0.3) is 0 Å². The standard InChI is InChI=1S/C21H22N2O4S/c1-4-10-23-13(2)18(14(3)24)19(22-21(23)28)15-7-5-8-16(12-15)27-20(25)17-9-6-11-26-17/h5-9,11-12,19H,4,10H2,1-3H3,(H,22,28). The maximum absolute atomic E-state index is 12.4. The van der Waals surface area contributed by atoms with Gasteiger partial charge in [0.05, 0.1) is 12.3 Å². The zero-order valence-electron chi connectivity index (χ0n) is 16.0. The number of nitrogens with one attached hydrogen (secondary N) is 1. The van der Waals surface area contributed by atoms with Crippen LogP contribution < -0.4 is 10.1 Å². The van der Waals surface area contributed by atoms with Crippen LogP contribution in [-0.4, -0.2) is 28.3 Å². The van der Waals surface area contributed by atoms with E-state index in [2.05, 4.69) is 12.2 Å². The summed E-state index contributed by atoms with van der Waals surface area (Å²) in [6.07, 6.45) is 2.32. The summed E-state index contributed by atoms with van der Waals surface area (Å²) in [5, 5.41) is 3.83. The highest BCUT2D eigenvalue weighted by molar-refractivity contribution is 7.80. The van der Waals surface area contributed by atoms with Crippen molar-refractivity contribution in [3.63, 3.8) is 0 Å². The Labute approximate surface area is 169 Å². The number of hydrogen-bond acceptors (Lipinski definition) is 5. The lowest BCUT2D eigenvalue weighted by molar-refractivity contribution is -0.114. The summed E-state index contributed by atoms with van der Waals surface area (Å²) in [5.74, 6) is -0.126. The van der Waals surface area contributed by atoms with Crippen molar-refractivity contribution in [3.8, 4) is 5.75 Å². The maximum Gasteiger partial charge on any atom is 0.379 e. The molecule has 0 radical (unpaired) electrons. The number of hydrogen-bond donors (Lipinski definition) is 1. The Morgan fingerprint density at radius 1 is 1.29 bits per heavy atom. The van der Waals surface area contributed by atoms with Crippen molar-refractivity contribution in [3.05, 3.63) is 65.3 Å². The molecule has 2 heterocycles. The molecule has 1 aliphatic rings. The largest absolute Gasteiger partial charge is 0.457 e. The van der Waals surface area contributed by atoms with Gasteiger partial charge >= 0.3 is 5.97 Å². The molecule has 0 saturated heterocycles. The molecule has 1 aromatic carbocycles. The van der Waals surface area contributed by atoms with Gasteiger partial charge in [-0.25, -0.2) is 4.79 Å². The minimum Gasteiger partial charge on any atom is -0.457 e. The number of allylic oxidation sites excluding steroid dienone is 1. The highest BCUT2D eigenvalue weighted by atomic mass is 32.1. The van der Waals surface area contributed by atoms with Crippen molar-refractivity contribution >= 4 is 29.1 Å². The zero-order chi connectivity index (χ0) is 20.3. The van der Waals surface area contributed by atoms with E-state index in [1.54, 1.807) is 31.2 Å². The summed E-state index contributed by atoms with van der Waals surface area (Å²) in [6.45, 7) is 6.26. The number of ketones is 1. The number of nitrogens with zero attached hydrogens (tertiary/aromatic N) is 1. The molecular weight excluding hydrogens is 376 g/mol. The Balaban J connectivity index is 1.92. The summed E-state index contributed by atoms with van der Waals surface area (Å²) in [5.41, 5.74) is 2.28. The lowest BCUT2D eigenvalue weighted by Gasteiger charge is -2.37. The fraction of sp³-hybridized carbons (Fsp3) is 0.286. The molecule has 3 rings (SSSR count). The maximum atomic E-state index is 12.4. The predicted molar refractivity (Wildman–Crippen MR) is 109 cm³/mol. The molecule has 0 saturated carbocycles. The van der Waals surface area contributed by atoms with Crippen molar-refractivity contribution in [1.29, 1.82) is 0 Å². The summed E-state index contributed by atoms with van der Waals surface area (Å²) >= 11 is 5.51. The highest BCUT2D eigenvalue weighted by Gasteiger charge is 2.32. The number of carbonyl (C=O) groups is 2. The van der Waals surface area contributed by atoms with Crippen LogP contribution in [-0.2, 0) is 4.79 Å². The molecule has 28 heavy (non-hydrogen) atoms. The molecule has 6 nitrogen and oxygen atoms in total. The summed E-state index contributed by atoms with van der Waals surface area (Å²) in [6, 6.07) is 9.81. The van der Waals surface area contributed by atoms with Gasteiger partial charge in [-0.3, -0.25) is 4.79 Å². The van der Waals surface area contributed by atoms with Crippen LogP contribution in [0.5, 0.6) is 5.75 Å². The quantitative estimate of drug-likeness (QED) is 0.448. The van der Waals surface area contributed by atoms with Crippen LogP contribution in [0.15, 0.2) is 58.3 Å². The molecule has 0 bridgehead atoms. The Kier molecular flexibility index (Phi) is 5.94. The molecule has 1 aromatic heterocycles. The first-order valence-corrected chi connectivity index (χ1v) is 9.48. The minimum atomic E-state index is -0.582. The Bertz CT molecular complexity index is 934. The SMILES string of the molecule is CCCN1C(=S)NC(c2cccc(OC(=O)c3ccco3)c2)C(C(C)=O)=C1C. The first-order valence-electron chi connectivity index (χ1n) is 9.07. The van der Waals surface area contributed by atoms with E-state index in [0.717, 1.165) is 24.2 Å². The number of benzene rings is 1. The molecule has 1 N–H and O–H groups in total. The molecule has 7 heteroatoms. The van der Waals surface area contributed by atoms with Gasteiger partial charge in [-0.05, 0) is 62.3 Å². The molecular formula is C21H22N2O4S. The summed E-state index contributed by atoms with van der Waals surface area (Å²) < 4.78 is 10.5. The van der Waals surface area contributed by atoms with Crippen molar-refractivity contribution < 1.29 is 18.7 Å². The van der Waals surface area contributed by atoms with Gasteiger partial charge in [0.15, 0.2) is 10.9 Å². The fourth-order valence-corrected chi connectivity index (χ4v) is 3.64. The lowest BCUT2D eigenvalue weighted by atomic mass is 9.92. The normalized spacial score (nSPS) is 16.8. The van der Waals surface area contributed by atoms with Crippen LogP contribution in [0.4, 0.5) is 0 Å². The van der Waals surface area contributed by atoms with Crippen molar-refractivity contribution in [2.75, 3.05) is 6.54 Å². The summed E-state index contributed by atoms with van der Waals surface area (Å²) in [4.78, 5) is 26.5. The molecule has 2 aromatic rings. The number of Topliss-reactive ketones (excluding diaryl/α,β-unsaturated/α-hetero) is 1. The van der Waals surface area contributed by atoms with Gasteiger partial charge in [0.25, 0.3) is 0 Å². The first-order chi connectivity index (χ1) is 13.4. The number of esters is 1. The Morgan fingerprint density at radius 3 is 2.71 bits per heavy atom. The van der Waals surface area contributed by atoms with Crippen molar-refractivity contribution in [2.45, 2.75) is 33.2 Å². The van der Waals surface area contributed by atoms with E-state index in [-0.39, 0.29) is 11.5 Å². The summed E-state index contributed by atoms with van der Waals surface area (Å²) in [7, 11) is 0. The predicted octanol–water partition coefficient (Wildman–Crippen LogP) is 4.00. The molecule has 1 aliphatic heterocycles. The monoisotopic (exact) mass is 398 g/mol. The number of rotatable bonds is 6. The van der Waals surface area contributed by atoms with Gasteiger partial charge in [-0.15, -0.1) is 0 Å². The molecule has 1 unspecified atom stereocenters. The average molecular weight is 398 g/mol. The van der Waals surface area contributed by atoms with E-state index in [4.69, 9.17) is 21.4 Å². The first kappa shape index (κ1) is 19.8. The van der Waals surface area contributed by atoms with Crippen LogP contribution in [0, 0.1) is 0 Å². The van der Waals surface area contributed by atoms with Gasteiger partial charge in [0.1, 0.15) is 5.75 Å². The van der Waals surface area contributed by atoms with Gasteiger partial charge in [-0.1, -0.05) is 19.1 Å². The fourth-order valence-electron chi connectivity index (χ4n) is 3.29. The van der Waals surface area contributed by atoms with Gasteiger partial charge in [0.2, 0.25) is 5.76 Å². The average Bonchev–Trinajstić information content (AvgIpc) is 3.19. The number of carbonyl (C=O) groups excluding carboxylic acids is 2. The molecule has 0 aliphatic carbocycles. The topological polar surface area (TPSA) is 71.8 Å². The molecule has 0 amide bonds. The number of thiocarbonyl (C=S) groups is 1. The minimum absolute atomic E-state index is 0.0309. The Hall–Kier alpha value is -2.93. The molecule has 146 valence electrons. The molecule has 0 fully saturated rings. The lowest BCUT2D eigenvalue weighted by Crippen LogP contribution is -2.47. The van der Waals surface area contributed by atoms with Gasteiger partial charge in [0, 0.05) is 17.8 Å². The van der Waals surface area contributed by atoms with Crippen molar-refractivity contribution in [2.24, 2.45) is 0 Å². The van der Waals surface area contributed by atoms with E-state index in [1.807, 2.05) is 17.9 Å². The second-order valence-corrected chi connectivity index (χ2v) is 6.92. The second-order valence-electron chi connectivity index (χ2n) is 6.53. The highest BCUT2D eigenvalue weighted by Crippen LogP contribution is 2.32. The molecule has 0 spiro atoms. The van der Waals surface area contributed by atoms with E-state index < -0.39 is 12.0 Å². The smallest absolute Gasteiger partial charge is 0.379 e. The van der Waals surface area contributed by atoms with Crippen LogP contribution >= 0.6 is 12.2 Å². The molecule has 1 atom stereocenters. The van der Waals surface area contributed by atoms with E-state index in [9.17, 15) is 9.59 Å². The van der Waals surface area contributed by atoms with E-state index in [1.165, 1.54) is 12.3 Å². The van der Waals surface area contributed by atoms with Crippen LogP contribution in [0.2, 0.25) is 0 Å². The second kappa shape index (κ2) is 8.39. The van der Waals surface area contributed by atoms with Crippen LogP contribution in [0.1, 0.15) is 49.4 Å². The zero-order valence-corrected chi connectivity index (χ0v) is 16.8. The third-order valence-electron chi connectivity index (χ3n) is 4.55. The van der Waals surface area contributed by atoms with Crippen molar-refractivity contribution in [1.82, 2.24) is 10.2 Å². The van der Waals surface area contributed by atoms with E-state index >= 15 is 0 Å². The number of furan rings is 1. The Morgan fingerprint density at radius 2 is 2.07 bits per heavy atom. The third-order valence-corrected chi connectivity index (χ3v) is 4.89. The van der Waals surface area contributed by atoms with E-state index in [0.29, 0.717) is 16.4 Å².